The van der Waals surface area contributed by atoms with E-state index in [9.17, 15) is 8.42 Å². The molecular formula is C9H16N2O2S2. The molecule has 0 saturated heterocycles. The van der Waals surface area contributed by atoms with Crippen molar-refractivity contribution in [3.63, 3.8) is 0 Å². The van der Waals surface area contributed by atoms with Crippen LogP contribution in [0.4, 0.5) is 0 Å². The molecule has 0 aliphatic rings. The van der Waals surface area contributed by atoms with Gasteiger partial charge >= 0.3 is 0 Å². The van der Waals surface area contributed by atoms with E-state index in [1.807, 2.05) is 0 Å². The average Bonchev–Trinajstić information content (AvgIpc) is 2.45. The summed E-state index contributed by atoms with van der Waals surface area (Å²) in [6.45, 7) is 5.76. The van der Waals surface area contributed by atoms with Crippen LogP contribution in [0.1, 0.15) is 23.6 Å². The molecule has 6 heteroatoms. The van der Waals surface area contributed by atoms with Gasteiger partial charge in [0.15, 0.2) is 0 Å². The van der Waals surface area contributed by atoms with Gasteiger partial charge in [-0.1, -0.05) is 0 Å². The van der Waals surface area contributed by atoms with Crippen molar-refractivity contribution >= 4 is 21.4 Å². The van der Waals surface area contributed by atoms with E-state index in [1.54, 1.807) is 26.8 Å². The molecule has 4 nitrogen and oxygen atoms in total. The van der Waals surface area contributed by atoms with Gasteiger partial charge in [-0.25, -0.2) is 13.1 Å². The Kier molecular flexibility index (Phi) is 3.88. The van der Waals surface area contributed by atoms with Crippen LogP contribution in [0.3, 0.4) is 0 Å². The van der Waals surface area contributed by atoms with Crippen molar-refractivity contribution in [2.24, 2.45) is 5.73 Å². The van der Waals surface area contributed by atoms with Crippen molar-refractivity contribution in [1.82, 2.24) is 4.72 Å². The molecule has 0 saturated carbocycles. The Morgan fingerprint density at radius 1 is 1.53 bits per heavy atom. The van der Waals surface area contributed by atoms with Gasteiger partial charge in [-0.05, 0) is 26.8 Å². The molecule has 0 radical (unpaired) electrons. The van der Waals surface area contributed by atoms with Crippen LogP contribution in [-0.4, -0.2) is 14.5 Å². The fraction of sp³-hybridized carbons (Fsp3) is 0.556. The van der Waals surface area contributed by atoms with Gasteiger partial charge in [0.2, 0.25) is 10.0 Å². The van der Waals surface area contributed by atoms with E-state index in [-0.39, 0.29) is 6.04 Å². The molecule has 1 aromatic rings. The van der Waals surface area contributed by atoms with Crippen LogP contribution in [0.5, 0.6) is 0 Å². The highest BCUT2D eigenvalue weighted by Gasteiger charge is 2.20. The van der Waals surface area contributed by atoms with E-state index in [0.717, 1.165) is 9.75 Å². The van der Waals surface area contributed by atoms with Gasteiger partial charge in [-0.2, -0.15) is 0 Å². The molecule has 0 aliphatic carbocycles. The van der Waals surface area contributed by atoms with Gasteiger partial charge in [0, 0.05) is 22.3 Å². The molecule has 0 amide bonds. The van der Waals surface area contributed by atoms with Gasteiger partial charge in [-0.3, -0.25) is 0 Å². The number of sulfonamides is 1. The third kappa shape index (κ3) is 3.01. The second-order valence-electron chi connectivity index (χ2n) is 3.61. The molecule has 1 rings (SSSR count). The average molecular weight is 248 g/mol. The predicted molar refractivity (Wildman–Crippen MR) is 62.4 cm³/mol. The lowest BCUT2D eigenvalue weighted by molar-refractivity contribution is 0.569. The van der Waals surface area contributed by atoms with Gasteiger partial charge in [0.05, 0.1) is 4.90 Å². The van der Waals surface area contributed by atoms with Crippen LogP contribution in [0, 0.1) is 6.92 Å². The number of nitrogens with two attached hydrogens (primary N) is 1. The molecule has 1 heterocycles. The largest absolute Gasteiger partial charge is 0.326 e. The number of aryl methyl sites for hydroxylation is 1. The van der Waals surface area contributed by atoms with Crippen molar-refractivity contribution in [1.29, 1.82) is 0 Å². The Hall–Kier alpha value is -0.430. The fourth-order valence-electron chi connectivity index (χ4n) is 1.27. The Bertz CT molecular complexity index is 435. The van der Waals surface area contributed by atoms with Crippen molar-refractivity contribution in [2.45, 2.75) is 38.3 Å². The normalized spacial score (nSPS) is 12.3. The highest BCUT2D eigenvalue weighted by molar-refractivity contribution is 7.89. The molecule has 0 spiro atoms. The Morgan fingerprint density at radius 2 is 2.13 bits per heavy atom. The van der Waals surface area contributed by atoms with Crippen LogP contribution < -0.4 is 10.5 Å². The lowest BCUT2D eigenvalue weighted by Crippen LogP contribution is -2.30. The minimum absolute atomic E-state index is 0.101. The molecular weight excluding hydrogens is 232 g/mol. The van der Waals surface area contributed by atoms with Crippen molar-refractivity contribution < 1.29 is 8.42 Å². The number of hydrogen-bond donors (Lipinski definition) is 2. The van der Waals surface area contributed by atoms with Crippen LogP contribution in [0.2, 0.25) is 0 Å². The van der Waals surface area contributed by atoms with Crippen molar-refractivity contribution in [3.8, 4) is 0 Å². The van der Waals surface area contributed by atoms with Gasteiger partial charge in [-0.15, -0.1) is 11.3 Å². The van der Waals surface area contributed by atoms with Gasteiger partial charge < -0.3 is 5.73 Å². The first-order chi connectivity index (χ1) is 6.86. The van der Waals surface area contributed by atoms with Gasteiger partial charge in [0.1, 0.15) is 0 Å². The van der Waals surface area contributed by atoms with E-state index in [1.165, 1.54) is 11.3 Å². The first-order valence-corrected chi connectivity index (χ1v) is 6.98. The molecule has 0 bridgehead atoms. The predicted octanol–water partition coefficient (Wildman–Crippen LogP) is 1.20. The molecule has 0 atom stereocenters. The minimum atomic E-state index is -3.37. The molecule has 0 unspecified atom stereocenters. The van der Waals surface area contributed by atoms with Crippen molar-refractivity contribution in [3.05, 3.63) is 15.8 Å². The van der Waals surface area contributed by atoms with E-state index < -0.39 is 10.0 Å². The number of hydrogen-bond acceptors (Lipinski definition) is 4. The quantitative estimate of drug-likeness (QED) is 0.841. The second kappa shape index (κ2) is 4.61. The molecule has 15 heavy (non-hydrogen) atoms. The summed E-state index contributed by atoms with van der Waals surface area (Å²) >= 11 is 1.42. The van der Waals surface area contributed by atoms with Crippen LogP contribution in [-0.2, 0) is 16.6 Å². The smallest absolute Gasteiger partial charge is 0.241 e. The fourth-order valence-corrected chi connectivity index (χ4v) is 4.03. The Balaban J connectivity index is 3.09. The zero-order valence-electron chi connectivity index (χ0n) is 9.07. The van der Waals surface area contributed by atoms with Crippen LogP contribution >= 0.6 is 11.3 Å². The third-order valence-corrected chi connectivity index (χ3v) is 4.79. The number of thiophene rings is 1. The summed E-state index contributed by atoms with van der Waals surface area (Å²) in [5.74, 6) is 0. The maximum atomic E-state index is 11.8. The third-order valence-electron chi connectivity index (χ3n) is 1.80. The first kappa shape index (κ1) is 12.6. The van der Waals surface area contributed by atoms with E-state index in [4.69, 9.17) is 5.73 Å². The Morgan fingerprint density at radius 3 is 2.53 bits per heavy atom. The van der Waals surface area contributed by atoms with Crippen LogP contribution in [0.25, 0.3) is 0 Å². The van der Waals surface area contributed by atoms with Gasteiger partial charge in [0.25, 0.3) is 0 Å². The zero-order chi connectivity index (χ0) is 11.6. The highest BCUT2D eigenvalue weighted by atomic mass is 32.2. The van der Waals surface area contributed by atoms with Crippen LogP contribution in [0.15, 0.2) is 11.0 Å². The molecule has 1 aromatic heterocycles. The molecule has 0 fully saturated rings. The summed E-state index contributed by atoms with van der Waals surface area (Å²) in [7, 11) is -3.37. The first-order valence-electron chi connectivity index (χ1n) is 4.68. The molecule has 3 N–H and O–H groups in total. The second-order valence-corrected chi connectivity index (χ2v) is 6.64. The maximum Gasteiger partial charge on any atom is 0.241 e. The summed E-state index contributed by atoms with van der Waals surface area (Å²) in [6, 6.07) is 1.54. The number of rotatable bonds is 4. The molecule has 0 aromatic carbocycles. The lowest BCUT2D eigenvalue weighted by Gasteiger charge is -2.08. The van der Waals surface area contributed by atoms with Crippen molar-refractivity contribution in [2.75, 3.05) is 0 Å². The Labute approximate surface area is 94.5 Å². The highest BCUT2D eigenvalue weighted by Crippen LogP contribution is 2.25. The summed E-state index contributed by atoms with van der Waals surface area (Å²) < 4.78 is 26.2. The summed E-state index contributed by atoms with van der Waals surface area (Å²) in [6.07, 6.45) is 0. The van der Waals surface area contributed by atoms with E-state index >= 15 is 0 Å². The zero-order valence-corrected chi connectivity index (χ0v) is 10.7. The minimum Gasteiger partial charge on any atom is -0.326 e. The molecule has 0 aliphatic heterocycles. The summed E-state index contributed by atoms with van der Waals surface area (Å²) in [5, 5.41) is 0. The number of nitrogens with one attached hydrogen (secondary N) is 1. The molecule has 86 valence electrons. The van der Waals surface area contributed by atoms with E-state index in [2.05, 4.69) is 4.72 Å². The standard InChI is InChI=1S/C9H16N2O2S2/c1-6(2)11-15(12,13)9-4-8(5-10)14-7(9)3/h4,6,11H,5,10H2,1-3H3. The summed E-state index contributed by atoms with van der Waals surface area (Å²) in [4.78, 5) is 2.02. The summed E-state index contributed by atoms with van der Waals surface area (Å²) in [5.41, 5.74) is 5.47. The topological polar surface area (TPSA) is 72.2 Å². The lowest BCUT2D eigenvalue weighted by atomic mass is 10.4. The van der Waals surface area contributed by atoms with E-state index in [0.29, 0.717) is 11.4 Å². The maximum absolute atomic E-state index is 11.8. The SMILES string of the molecule is Cc1sc(CN)cc1S(=O)(=O)NC(C)C. The monoisotopic (exact) mass is 248 g/mol.